The monoisotopic (exact) mass is 413 g/mol. The molecule has 0 bridgehead atoms. The summed E-state index contributed by atoms with van der Waals surface area (Å²) in [6.45, 7) is 4.15. The first-order valence-corrected chi connectivity index (χ1v) is 10.1. The van der Waals surface area contributed by atoms with Gasteiger partial charge in [0.2, 0.25) is 5.91 Å². The van der Waals surface area contributed by atoms with E-state index in [2.05, 4.69) is 39.8 Å². The van der Waals surface area contributed by atoms with Crippen LogP contribution in [0.5, 0.6) is 0 Å². The lowest BCUT2D eigenvalue weighted by Gasteiger charge is -2.24. The van der Waals surface area contributed by atoms with Crippen LogP contribution in [0.3, 0.4) is 0 Å². The third-order valence-corrected chi connectivity index (χ3v) is 6.27. The number of carbonyl (C=O) groups is 1. The van der Waals surface area contributed by atoms with E-state index in [1.54, 1.807) is 0 Å². The number of nitrogens with one attached hydrogen (secondary N) is 2. The summed E-state index contributed by atoms with van der Waals surface area (Å²) < 4.78 is 0. The third-order valence-electron chi connectivity index (χ3n) is 6.27. The fraction of sp³-hybridized carbons (Fsp3) is 0.667. The highest BCUT2D eigenvalue weighted by molar-refractivity contribution is 5.85. The van der Waals surface area contributed by atoms with E-state index >= 15 is 0 Å². The van der Waals surface area contributed by atoms with Gasteiger partial charge in [-0.25, -0.2) is 0 Å². The second kappa shape index (κ2) is 10.7. The predicted octanol–water partition coefficient (Wildman–Crippen LogP) is 3.66. The fourth-order valence-electron chi connectivity index (χ4n) is 4.79. The molecule has 4 nitrogen and oxygen atoms in total. The zero-order chi connectivity index (χ0) is 17.1. The van der Waals surface area contributed by atoms with Crippen molar-refractivity contribution >= 4 is 30.7 Å². The van der Waals surface area contributed by atoms with Crippen LogP contribution in [0.4, 0.5) is 0 Å². The van der Waals surface area contributed by atoms with Crippen LogP contribution in [0.2, 0.25) is 0 Å². The molecule has 2 N–H and O–H groups in total. The number of fused-ring (bicyclic) bond motifs is 1. The molecule has 0 radical (unpaired) electrons. The van der Waals surface area contributed by atoms with Gasteiger partial charge in [-0.05, 0) is 62.2 Å². The average Bonchev–Trinajstić information content (AvgIpc) is 3.30. The molecule has 2 saturated heterocycles. The maximum Gasteiger partial charge on any atom is 0.237 e. The van der Waals surface area contributed by atoms with E-state index in [4.69, 9.17) is 0 Å². The van der Waals surface area contributed by atoms with Crippen LogP contribution >= 0.6 is 24.8 Å². The molecule has 1 saturated carbocycles. The third kappa shape index (κ3) is 5.83. The topological polar surface area (TPSA) is 44.4 Å². The van der Waals surface area contributed by atoms with Crippen LogP contribution < -0.4 is 10.6 Å². The van der Waals surface area contributed by atoms with Crippen LogP contribution in [-0.4, -0.2) is 36.0 Å². The van der Waals surface area contributed by atoms with Crippen LogP contribution in [0.1, 0.15) is 56.1 Å². The predicted molar refractivity (Wildman–Crippen MR) is 115 cm³/mol. The summed E-state index contributed by atoms with van der Waals surface area (Å²) in [6, 6.07) is 9.34. The van der Waals surface area contributed by atoms with Crippen LogP contribution in [-0.2, 0) is 17.9 Å². The van der Waals surface area contributed by atoms with Gasteiger partial charge in [-0.1, -0.05) is 37.1 Å². The molecule has 1 aromatic rings. The van der Waals surface area contributed by atoms with Crippen molar-refractivity contribution < 1.29 is 4.79 Å². The number of halogens is 2. The van der Waals surface area contributed by atoms with Gasteiger partial charge in [0.15, 0.2) is 0 Å². The normalized spacial score (nSPS) is 27.3. The number of benzene rings is 1. The second-order valence-corrected chi connectivity index (χ2v) is 8.12. The highest BCUT2D eigenvalue weighted by atomic mass is 35.5. The van der Waals surface area contributed by atoms with Crippen molar-refractivity contribution in [3.05, 3.63) is 35.4 Å². The van der Waals surface area contributed by atoms with Gasteiger partial charge in [0.1, 0.15) is 0 Å². The Morgan fingerprint density at radius 2 is 1.67 bits per heavy atom. The summed E-state index contributed by atoms with van der Waals surface area (Å²) in [5, 5.41) is 6.69. The summed E-state index contributed by atoms with van der Waals surface area (Å²) >= 11 is 0. The van der Waals surface area contributed by atoms with Crippen molar-refractivity contribution in [1.29, 1.82) is 0 Å². The number of amides is 1. The fourth-order valence-corrected chi connectivity index (χ4v) is 4.79. The number of likely N-dealkylation sites (tertiary alicyclic amines) is 1. The number of hydrogen-bond acceptors (Lipinski definition) is 3. The first-order chi connectivity index (χ1) is 12.3. The number of carbonyl (C=O) groups excluding carboxylic acids is 1. The van der Waals surface area contributed by atoms with Crippen molar-refractivity contribution in [2.75, 3.05) is 13.1 Å². The maximum absolute atomic E-state index is 12.5. The largest absolute Gasteiger partial charge is 0.351 e. The summed E-state index contributed by atoms with van der Waals surface area (Å²) in [5.74, 6) is 0.893. The van der Waals surface area contributed by atoms with Gasteiger partial charge in [0, 0.05) is 19.1 Å². The van der Waals surface area contributed by atoms with Crippen LogP contribution in [0.15, 0.2) is 24.3 Å². The summed E-state index contributed by atoms with van der Waals surface area (Å²) in [4.78, 5) is 15.0. The average molecular weight is 414 g/mol. The molecule has 6 heteroatoms. The molecule has 1 aromatic carbocycles. The highest BCUT2D eigenvalue weighted by Crippen LogP contribution is 2.33. The van der Waals surface area contributed by atoms with Crippen molar-refractivity contribution in [2.24, 2.45) is 5.92 Å². The first kappa shape index (κ1) is 22.5. The van der Waals surface area contributed by atoms with E-state index in [0.29, 0.717) is 12.6 Å². The second-order valence-electron chi connectivity index (χ2n) is 8.12. The minimum Gasteiger partial charge on any atom is -0.351 e. The smallest absolute Gasteiger partial charge is 0.237 e. The zero-order valence-corrected chi connectivity index (χ0v) is 17.6. The number of rotatable bonds is 5. The Balaban J connectivity index is 0.00000131. The molecule has 3 atom stereocenters. The zero-order valence-electron chi connectivity index (χ0n) is 16.0. The minimum atomic E-state index is 0. The Kier molecular flexibility index (Phi) is 8.87. The van der Waals surface area contributed by atoms with Gasteiger partial charge in [-0.3, -0.25) is 9.69 Å². The van der Waals surface area contributed by atoms with Gasteiger partial charge < -0.3 is 10.6 Å². The van der Waals surface area contributed by atoms with E-state index in [9.17, 15) is 4.79 Å². The minimum absolute atomic E-state index is 0. The quantitative estimate of drug-likeness (QED) is 0.773. The molecular weight excluding hydrogens is 381 g/mol. The first-order valence-electron chi connectivity index (χ1n) is 10.1. The van der Waals surface area contributed by atoms with Crippen molar-refractivity contribution in [2.45, 2.75) is 70.1 Å². The van der Waals surface area contributed by atoms with Gasteiger partial charge in [0.05, 0.1) is 6.04 Å². The van der Waals surface area contributed by atoms with Gasteiger partial charge in [-0.15, -0.1) is 24.8 Å². The molecule has 1 amide bonds. The summed E-state index contributed by atoms with van der Waals surface area (Å²) in [7, 11) is 0. The maximum atomic E-state index is 12.5. The molecule has 27 heavy (non-hydrogen) atoms. The lowest BCUT2D eigenvalue weighted by molar-refractivity contribution is -0.123. The van der Waals surface area contributed by atoms with E-state index < -0.39 is 0 Å². The van der Waals surface area contributed by atoms with Crippen molar-refractivity contribution in [3.8, 4) is 0 Å². The Labute approximate surface area is 175 Å². The van der Waals surface area contributed by atoms with E-state index in [1.165, 1.54) is 62.7 Å². The molecule has 152 valence electrons. The van der Waals surface area contributed by atoms with E-state index in [0.717, 1.165) is 18.9 Å². The highest BCUT2D eigenvalue weighted by Gasteiger charge is 2.37. The Morgan fingerprint density at radius 3 is 2.37 bits per heavy atom. The molecule has 1 aliphatic carbocycles. The molecule has 2 heterocycles. The molecule has 0 spiro atoms. The summed E-state index contributed by atoms with van der Waals surface area (Å²) in [6.07, 6.45) is 8.87. The number of hydrogen-bond donors (Lipinski definition) is 2. The lowest BCUT2D eigenvalue weighted by Crippen LogP contribution is -2.42. The molecule has 4 rings (SSSR count). The van der Waals surface area contributed by atoms with Crippen molar-refractivity contribution in [1.82, 2.24) is 15.5 Å². The molecule has 3 fully saturated rings. The lowest BCUT2D eigenvalue weighted by atomic mass is 9.85. The Hall–Kier alpha value is -0.810. The van der Waals surface area contributed by atoms with Gasteiger partial charge >= 0.3 is 0 Å². The molecule has 2 aliphatic heterocycles. The van der Waals surface area contributed by atoms with E-state index in [1.807, 2.05) is 0 Å². The number of nitrogens with zero attached hydrogens (tertiary/aromatic N) is 1. The standard InChI is InChI=1S/C21H31N3O.2ClH/c25-21(20-13-18-5-1-2-6-19(18)23-20)22-14-16-7-9-17(10-8-16)15-24-11-3-4-12-24;;/h7-10,18-20,23H,1-6,11-15H2,(H,22,25);2*1H. The van der Waals surface area contributed by atoms with E-state index in [-0.39, 0.29) is 36.8 Å². The van der Waals surface area contributed by atoms with Crippen LogP contribution in [0, 0.1) is 5.92 Å². The van der Waals surface area contributed by atoms with Gasteiger partial charge in [-0.2, -0.15) is 0 Å². The molecule has 3 aliphatic rings. The Bertz CT molecular complexity index is 576. The Morgan fingerprint density at radius 1 is 1.00 bits per heavy atom. The molecular formula is C21H33Cl2N3O. The SMILES string of the molecule is Cl.Cl.O=C(NCc1ccc(CN2CCCC2)cc1)C1CC2CCCCC2N1. The molecule has 0 aromatic heterocycles. The van der Waals surface area contributed by atoms with Crippen LogP contribution in [0.25, 0.3) is 0 Å². The summed E-state index contributed by atoms with van der Waals surface area (Å²) in [5.41, 5.74) is 2.56. The van der Waals surface area contributed by atoms with Gasteiger partial charge in [0.25, 0.3) is 0 Å². The molecule has 3 unspecified atom stereocenters. The van der Waals surface area contributed by atoms with Crippen molar-refractivity contribution in [3.63, 3.8) is 0 Å².